The number of fused-ring (bicyclic) bond motifs is 1. The van der Waals surface area contributed by atoms with Gasteiger partial charge in [-0.2, -0.15) is 0 Å². The Labute approximate surface area is 127 Å². The highest BCUT2D eigenvalue weighted by Crippen LogP contribution is 2.24. The molecule has 0 aliphatic heterocycles. The van der Waals surface area contributed by atoms with Crippen molar-refractivity contribution < 1.29 is 16.4 Å². The predicted molar refractivity (Wildman–Crippen MR) is 78.1 cm³/mol. The summed E-state index contributed by atoms with van der Waals surface area (Å²) in [5, 5.41) is -0.255. The third-order valence-corrected chi connectivity index (χ3v) is 3.31. The van der Waals surface area contributed by atoms with Gasteiger partial charge in [-0.25, -0.2) is 4.98 Å². The first-order valence-corrected chi connectivity index (χ1v) is 6.24. The highest BCUT2D eigenvalue weighted by Gasteiger charge is 2.30. The van der Waals surface area contributed by atoms with Crippen molar-refractivity contribution in [2.75, 3.05) is 5.73 Å². The molecule has 108 valence electrons. The summed E-state index contributed by atoms with van der Waals surface area (Å²) >= 11 is 0. The average Bonchev–Trinajstić information content (AvgIpc) is 2.53. The maximum Gasteiger partial charge on any atom is 0.264 e. The number of nitrogens with zero attached hydrogens (tertiary/aromatic N) is 2. The van der Waals surface area contributed by atoms with Crippen molar-refractivity contribution in [2.45, 2.75) is 32.2 Å². The highest BCUT2D eigenvalue weighted by molar-refractivity contribution is 6.03. The topological polar surface area (TPSA) is 95.0 Å². The molecule has 2 N–H and O–H groups in total. The van der Waals surface area contributed by atoms with Crippen LogP contribution in [0.15, 0.2) is 22.9 Å². The van der Waals surface area contributed by atoms with Crippen molar-refractivity contribution >= 4 is 28.2 Å². The summed E-state index contributed by atoms with van der Waals surface area (Å²) in [6, 6.07) is -1.03. The van der Waals surface area contributed by atoms with Crippen LogP contribution in [-0.2, 0) is 9.59 Å². The van der Waals surface area contributed by atoms with Crippen LogP contribution < -0.4 is 11.3 Å². The molecule has 3 rings (SSSR count). The molecule has 1 aromatic heterocycles. The lowest BCUT2D eigenvalue weighted by Gasteiger charge is -2.24. The second kappa shape index (κ2) is 4.80. The molecule has 1 aliphatic carbocycles. The molecule has 0 radical (unpaired) electrons. The van der Waals surface area contributed by atoms with Gasteiger partial charge in [-0.1, -0.05) is 6.07 Å². The number of ketones is 2. The van der Waals surface area contributed by atoms with Gasteiger partial charge in [0.25, 0.3) is 5.56 Å². The van der Waals surface area contributed by atoms with Crippen LogP contribution in [-0.4, -0.2) is 21.1 Å². The Morgan fingerprint density at radius 3 is 2.95 bits per heavy atom. The molecule has 1 heterocycles. The average molecular weight is 290 g/mol. The van der Waals surface area contributed by atoms with E-state index in [1.807, 2.05) is 0 Å². The number of anilines is 1. The number of carbonyl (C=O) groups excluding carboxylic acids is 2. The SMILES string of the molecule is [2H]c1cc([2H])c2nc(C)n(C3C(=O)CC(=O)C([2H])C3([2H])[2H])c(=O)c2c1N. The summed E-state index contributed by atoms with van der Waals surface area (Å²) in [7, 11) is 0. The second-order valence-electron chi connectivity index (χ2n) is 4.73. The molecule has 0 bridgehead atoms. The van der Waals surface area contributed by atoms with Crippen molar-refractivity contribution in [1.29, 1.82) is 0 Å². The van der Waals surface area contributed by atoms with Gasteiger partial charge in [0.1, 0.15) is 11.6 Å². The van der Waals surface area contributed by atoms with E-state index in [1.54, 1.807) is 0 Å². The van der Waals surface area contributed by atoms with Crippen molar-refractivity contribution in [1.82, 2.24) is 9.55 Å². The Morgan fingerprint density at radius 1 is 1.43 bits per heavy atom. The van der Waals surface area contributed by atoms with E-state index < -0.39 is 42.4 Å². The minimum absolute atomic E-state index is 0.0445. The summed E-state index contributed by atoms with van der Waals surface area (Å²) in [6.45, 7) is 1.36. The van der Waals surface area contributed by atoms with Gasteiger partial charge in [0.05, 0.1) is 26.1 Å². The number of hydrogen-bond donors (Lipinski definition) is 1. The number of hydrogen-bond acceptors (Lipinski definition) is 5. The van der Waals surface area contributed by atoms with Crippen molar-refractivity contribution in [3.63, 3.8) is 0 Å². The summed E-state index contributed by atoms with van der Waals surface area (Å²) in [6.07, 6.45) is -5.09. The molecule has 0 spiro atoms. The number of benzene rings is 1. The van der Waals surface area contributed by atoms with E-state index in [4.69, 9.17) is 12.6 Å². The van der Waals surface area contributed by atoms with Crippen molar-refractivity contribution in [3.05, 3.63) is 34.3 Å². The number of carbonyl (C=O) groups is 2. The number of nitrogen functional groups attached to an aromatic ring is 1. The molecule has 2 atom stereocenters. The molecule has 2 aromatic rings. The fourth-order valence-corrected chi connectivity index (χ4v) is 2.35. The van der Waals surface area contributed by atoms with Crippen LogP contribution >= 0.6 is 0 Å². The lowest BCUT2D eigenvalue weighted by Crippen LogP contribution is -2.36. The first kappa shape index (κ1) is 8.71. The Kier molecular flexibility index (Phi) is 1.99. The number of aromatic nitrogens is 2. The number of rotatable bonds is 1. The van der Waals surface area contributed by atoms with Gasteiger partial charge in [-0.05, 0) is 25.4 Å². The molecule has 1 saturated carbocycles. The molecule has 0 saturated heterocycles. The summed E-state index contributed by atoms with van der Waals surface area (Å²) in [5.74, 6) is -1.73. The largest absolute Gasteiger partial charge is 0.398 e. The van der Waals surface area contributed by atoms with E-state index >= 15 is 0 Å². The van der Waals surface area contributed by atoms with Gasteiger partial charge in [0.15, 0.2) is 5.78 Å². The Bertz CT molecular complexity index is 1030. The van der Waals surface area contributed by atoms with Crippen LogP contribution in [0.2, 0.25) is 0 Å². The molecular weight excluding hydrogens is 270 g/mol. The molecule has 6 heteroatoms. The molecule has 2 unspecified atom stereocenters. The first-order valence-electron chi connectivity index (χ1n) is 8.82. The smallest absolute Gasteiger partial charge is 0.264 e. The van der Waals surface area contributed by atoms with Crippen molar-refractivity contribution in [2.24, 2.45) is 0 Å². The van der Waals surface area contributed by atoms with Crippen LogP contribution in [0.5, 0.6) is 0 Å². The summed E-state index contributed by atoms with van der Waals surface area (Å²) < 4.78 is 40.3. The highest BCUT2D eigenvalue weighted by atomic mass is 16.2. The molecule has 1 aromatic carbocycles. The van der Waals surface area contributed by atoms with Gasteiger partial charge in [0, 0.05) is 16.2 Å². The lowest BCUT2D eigenvalue weighted by molar-refractivity contribution is -0.132. The number of nitrogens with two attached hydrogens (primary N) is 1. The first-order chi connectivity index (χ1) is 12.0. The number of Topliss-reactive ketones (excluding diaryl/α,β-unsaturated/α-hetero) is 2. The fraction of sp³-hybridized carbons (Fsp3) is 0.333. The van der Waals surface area contributed by atoms with Crippen LogP contribution in [0, 0.1) is 6.92 Å². The van der Waals surface area contributed by atoms with E-state index in [0.717, 1.165) is 10.6 Å². The van der Waals surface area contributed by atoms with Gasteiger partial charge >= 0.3 is 0 Å². The standard InChI is InChI=1S/C15H15N3O3/c1-8-17-11-4-2-3-10(16)14(11)15(21)18(8)12-6-5-9(19)7-13(12)20/h2-4,12H,5-7,16H2,1H3/i3D,4D,5D,6D2. The minimum atomic E-state index is -2.62. The van der Waals surface area contributed by atoms with E-state index in [9.17, 15) is 14.4 Å². The Hall–Kier alpha value is -2.50. The molecular formula is C15H15N3O3. The van der Waals surface area contributed by atoms with Gasteiger partial charge < -0.3 is 5.73 Å². The van der Waals surface area contributed by atoms with E-state index in [1.165, 1.54) is 6.92 Å². The van der Waals surface area contributed by atoms with E-state index in [-0.39, 0.29) is 34.5 Å². The number of aryl methyl sites for hydroxylation is 1. The van der Waals surface area contributed by atoms with Crippen LogP contribution in [0.25, 0.3) is 10.9 Å². The monoisotopic (exact) mass is 290 g/mol. The molecule has 21 heavy (non-hydrogen) atoms. The Balaban J connectivity index is 2.39. The minimum Gasteiger partial charge on any atom is -0.398 e. The molecule has 1 fully saturated rings. The molecule has 1 aliphatic rings. The fourth-order valence-electron chi connectivity index (χ4n) is 2.35. The second-order valence-corrected chi connectivity index (χ2v) is 4.73. The van der Waals surface area contributed by atoms with Crippen LogP contribution in [0.4, 0.5) is 5.69 Å². The van der Waals surface area contributed by atoms with Crippen LogP contribution in [0.3, 0.4) is 0 Å². The Morgan fingerprint density at radius 2 is 2.19 bits per heavy atom. The normalized spacial score (nSPS) is 28.5. The zero-order chi connectivity index (χ0) is 19.5. The van der Waals surface area contributed by atoms with Crippen LogP contribution in [0.1, 0.15) is 37.9 Å². The predicted octanol–water partition coefficient (Wildman–Crippen LogP) is 1.15. The quantitative estimate of drug-likeness (QED) is 0.628. The van der Waals surface area contributed by atoms with Gasteiger partial charge in [-0.15, -0.1) is 0 Å². The molecule has 6 nitrogen and oxygen atoms in total. The third-order valence-electron chi connectivity index (χ3n) is 3.31. The van der Waals surface area contributed by atoms with Crippen molar-refractivity contribution in [3.8, 4) is 0 Å². The lowest BCUT2D eigenvalue weighted by atomic mass is 9.92. The maximum absolute atomic E-state index is 13.0. The summed E-state index contributed by atoms with van der Waals surface area (Å²) in [4.78, 5) is 41.2. The van der Waals surface area contributed by atoms with E-state index in [2.05, 4.69) is 4.98 Å². The molecule has 0 amide bonds. The third kappa shape index (κ3) is 2.12. The van der Waals surface area contributed by atoms with Gasteiger partial charge in [-0.3, -0.25) is 19.0 Å². The maximum atomic E-state index is 13.0. The summed E-state index contributed by atoms with van der Waals surface area (Å²) in [5.41, 5.74) is 4.63. The van der Waals surface area contributed by atoms with E-state index in [0.29, 0.717) is 0 Å². The zero-order valence-corrected chi connectivity index (χ0v) is 11.1. The zero-order valence-electron chi connectivity index (χ0n) is 16.1. The van der Waals surface area contributed by atoms with Gasteiger partial charge in [0.2, 0.25) is 0 Å².